The fourth-order valence-electron chi connectivity index (χ4n) is 2.60. The minimum absolute atomic E-state index is 0.323. The molecular weight excluding hydrogens is 326 g/mol. The van der Waals surface area contributed by atoms with Crippen LogP contribution in [-0.2, 0) is 13.0 Å². The van der Waals surface area contributed by atoms with Crippen LogP contribution in [0.2, 0.25) is 0 Å². The van der Waals surface area contributed by atoms with E-state index in [4.69, 9.17) is 0 Å². The molecule has 0 amide bonds. The summed E-state index contributed by atoms with van der Waals surface area (Å²) in [7, 11) is 0. The molecule has 4 heteroatoms. The average molecular weight is 350 g/mol. The zero-order valence-electron chi connectivity index (χ0n) is 13.1. The first-order valence-corrected chi connectivity index (χ1v) is 8.45. The van der Waals surface area contributed by atoms with E-state index in [1.165, 1.54) is 11.3 Å². The Morgan fingerprint density at radius 3 is 2.76 bits per heavy atom. The van der Waals surface area contributed by atoms with Gasteiger partial charge in [0.15, 0.2) is 0 Å². The highest BCUT2D eigenvalue weighted by Gasteiger charge is 2.15. The lowest BCUT2D eigenvalue weighted by molar-refractivity contribution is 0.502. The third kappa shape index (κ3) is 4.42. The fourth-order valence-corrected chi connectivity index (χ4v) is 3.01. The molecule has 0 aliphatic heterocycles. The fraction of sp³-hybridized carbons (Fsp3) is 0.471. The Balaban J connectivity index is 2.23. The summed E-state index contributed by atoms with van der Waals surface area (Å²) in [4.78, 5) is 0. The molecule has 1 aromatic heterocycles. The van der Waals surface area contributed by atoms with E-state index in [0.717, 1.165) is 36.1 Å². The molecule has 21 heavy (non-hydrogen) atoms. The summed E-state index contributed by atoms with van der Waals surface area (Å²) in [5.74, 6) is 0. The molecule has 0 fully saturated rings. The molecule has 0 bridgehead atoms. The molecule has 0 spiro atoms. The predicted molar refractivity (Wildman–Crippen MR) is 91.5 cm³/mol. The van der Waals surface area contributed by atoms with Gasteiger partial charge in [0, 0.05) is 29.2 Å². The van der Waals surface area contributed by atoms with Gasteiger partial charge in [0.05, 0.1) is 5.69 Å². The molecule has 114 valence electrons. The molecule has 1 aromatic carbocycles. The van der Waals surface area contributed by atoms with Gasteiger partial charge in [-0.1, -0.05) is 35.0 Å². The van der Waals surface area contributed by atoms with Gasteiger partial charge in [-0.3, -0.25) is 4.68 Å². The van der Waals surface area contributed by atoms with E-state index in [1.54, 1.807) is 0 Å². The van der Waals surface area contributed by atoms with E-state index in [2.05, 4.69) is 82.1 Å². The first-order valence-electron chi connectivity index (χ1n) is 7.66. The number of rotatable bonds is 7. The van der Waals surface area contributed by atoms with Crippen LogP contribution < -0.4 is 5.32 Å². The molecule has 0 aliphatic carbocycles. The van der Waals surface area contributed by atoms with Gasteiger partial charge in [0.1, 0.15) is 0 Å². The molecule has 1 atom stereocenters. The van der Waals surface area contributed by atoms with Crippen molar-refractivity contribution < 1.29 is 0 Å². The summed E-state index contributed by atoms with van der Waals surface area (Å²) in [5.41, 5.74) is 3.71. The molecule has 0 aliphatic rings. The van der Waals surface area contributed by atoms with Crippen LogP contribution >= 0.6 is 15.9 Å². The second-order valence-corrected chi connectivity index (χ2v) is 6.27. The summed E-state index contributed by atoms with van der Waals surface area (Å²) in [6.07, 6.45) is 2.10. The highest BCUT2D eigenvalue weighted by atomic mass is 79.9. The van der Waals surface area contributed by atoms with Crippen LogP contribution in [0.25, 0.3) is 0 Å². The second kappa shape index (κ2) is 7.76. The molecule has 0 saturated heterocycles. The van der Waals surface area contributed by atoms with Crippen LogP contribution in [0, 0.1) is 6.92 Å². The standard InChI is InChI=1S/C17H24BrN3/c1-4-9-19-17(14-7-6-8-15(18)11-14)12-16-10-13(3)20-21(16)5-2/h6-8,10-11,17,19H,4-5,9,12H2,1-3H3. The van der Waals surface area contributed by atoms with Gasteiger partial charge in [-0.05, 0) is 50.6 Å². The zero-order chi connectivity index (χ0) is 15.2. The Labute approximate surface area is 135 Å². The topological polar surface area (TPSA) is 29.9 Å². The number of aryl methyl sites for hydroxylation is 2. The van der Waals surface area contributed by atoms with Gasteiger partial charge in [-0.15, -0.1) is 0 Å². The number of hydrogen-bond donors (Lipinski definition) is 1. The second-order valence-electron chi connectivity index (χ2n) is 5.36. The minimum Gasteiger partial charge on any atom is -0.310 e. The maximum absolute atomic E-state index is 4.55. The highest BCUT2D eigenvalue weighted by molar-refractivity contribution is 9.10. The third-order valence-corrected chi connectivity index (χ3v) is 4.08. The first-order chi connectivity index (χ1) is 10.1. The summed E-state index contributed by atoms with van der Waals surface area (Å²) in [5, 5.41) is 8.21. The molecule has 1 N–H and O–H groups in total. The Hall–Kier alpha value is -1.13. The van der Waals surface area contributed by atoms with Crippen molar-refractivity contribution in [2.75, 3.05) is 6.54 Å². The number of benzene rings is 1. The normalized spacial score (nSPS) is 12.6. The predicted octanol–water partition coefficient (Wildman–Crippen LogP) is 4.26. The maximum Gasteiger partial charge on any atom is 0.0596 e. The van der Waals surface area contributed by atoms with Gasteiger partial charge in [0.2, 0.25) is 0 Å². The minimum atomic E-state index is 0.323. The quantitative estimate of drug-likeness (QED) is 0.809. The smallest absolute Gasteiger partial charge is 0.0596 e. The van der Waals surface area contributed by atoms with Crippen molar-refractivity contribution in [3.05, 3.63) is 51.8 Å². The lowest BCUT2D eigenvalue weighted by atomic mass is 10.0. The number of hydrogen-bond acceptors (Lipinski definition) is 2. The van der Waals surface area contributed by atoms with Crippen molar-refractivity contribution >= 4 is 15.9 Å². The monoisotopic (exact) mass is 349 g/mol. The molecule has 0 radical (unpaired) electrons. The Morgan fingerprint density at radius 2 is 2.10 bits per heavy atom. The molecule has 0 saturated carbocycles. The Bertz CT molecular complexity index is 577. The lowest BCUT2D eigenvalue weighted by Crippen LogP contribution is -2.25. The summed E-state index contributed by atoms with van der Waals surface area (Å²) in [6, 6.07) is 11.1. The van der Waals surface area contributed by atoms with E-state index in [0.29, 0.717) is 6.04 Å². The Morgan fingerprint density at radius 1 is 1.29 bits per heavy atom. The maximum atomic E-state index is 4.55. The van der Waals surface area contributed by atoms with Gasteiger partial charge in [0.25, 0.3) is 0 Å². The molecule has 2 aromatic rings. The van der Waals surface area contributed by atoms with E-state index < -0.39 is 0 Å². The molecule has 3 nitrogen and oxygen atoms in total. The molecule has 1 heterocycles. The Kier molecular flexibility index (Phi) is 6.00. The van der Waals surface area contributed by atoms with Gasteiger partial charge in [-0.25, -0.2) is 0 Å². The van der Waals surface area contributed by atoms with Crippen molar-refractivity contribution in [1.82, 2.24) is 15.1 Å². The average Bonchev–Trinajstić information content (AvgIpc) is 2.83. The molecular formula is C17H24BrN3. The summed E-state index contributed by atoms with van der Waals surface area (Å²) >= 11 is 3.57. The number of nitrogens with zero attached hydrogens (tertiary/aromatic N) is 2. The van der Waals surface area contributed by atoms with E-state index in [-0.39, 0.29) is 0 Å². The molecule has 1 unspecified atom stereocenters. The first kappa shape index (κ1) is 16.2. The van der Waals surface area contributed by atoms with E-state index in [9.17, 15) is 0 Å². The van der Waals surface area contributed by atoms with Crippen molar-refractivity contribution in [1.29, 1.82) is 0 Å². The number of aromatic nitrogens is 2. The van der Waals surface area contributed by atoms with Crippen LogP contribution in [-0.4, -0.2) is 16.3 Å². The van der Waals surface area contributed by atoms with Gasteiger partial charge in [-0.2, -0.15) is 5.10 Å². The molecule has 2 rings (SSSR count). The number of halogens is 1. The van der Waals surface area contributed by atoms with Crippen molar-refractivity contribution in [2.45, 2.75) is 46.2 Å². The van der Waals surface area contributed by atoms with E-state index >= 15 is 0 Å². The largest absolute Gasteiger partial charge is 0.310 e. The lowest BCUT2D eigenvalue weighted by Gasteiger charge is -2.20. The third-order valence-electron chi connectivity index (χ3n) is 3.59. The van der Waals surface area contributed by atoms with Crippen LogP contribution in [0.1, 0.15) is 43.3 Å². The number of nitrogens with one attached hydrogen (secondary N) is 1. The summed E-state index contributed by atoms with van der Waals surface area (Å²) < 4.78 is 3.23. The van der Waals surface area contributed by atoms with Crippen LogP contribution in [0.5, 0.6) is 0 Å². The van der Waals surface area contributed by atoms with Crippen molar-refractivity contribution in [3.63, 3.8) is 0 Å². The van der Waals surface area contributed by atoms with Crippen molar-refractivity contribution in [3.8, 4) is 0 Å². The van der Waals surface area contributed by atoms with Crippen molar-refractivity contribution in [2.24, 2.45) is 0 Å². The van der Waals surface area contributed by atoms with Crippen LogP contribution in [0.4, 0.5) is 0 Å². The van der Waals surface area contributed by atoms with E-state index in [1.807, 2.05) is 0 Å². The SMILES string of the molecule is CCCNC(Cc1cc(C)nn1CC)c1cccc(Br)c1. The van der Waals surface area contributed by atoms with Crippen LogP contribution in [0.15, 0.2) is 34.8 Å². The van der Waals surface area contributed by atoms with Crippen LogP contribution in [0.3, 0.4) is 0 Å². The summed E-state index contributed by atoms with van der Waals surface area (Å²) in [6.45, 7) is 8.34. The van der Waals surface area contributed by atoms with Gasteiger partial charge >= 0.3 is 0 Å². The van der Waals surface area contributed by atoms with Gasteiger partial charge < -0.3 is 5.32 Å². The highest BCUT2D eigenvalue weighted by Crippen LogP contribution is 2.22. The zero-order valence-corrected chi connectivity index (χ0v) is 14.7.